The van der Waals surface area contributed by atoms with Gasteiger partial charge < -0.3 is 4.74 Å². The van der Waals surface area contributed by atoms with Gasteiger partial charge in [0.25, 0.3) is 0 Å². The Balaban J connectivity index is 2.42. The summed E-state index contributed by atoms with van der Waals surface area (Å²) in [5.74, 6) is 0.908. The Kier molecular flexibility index (Phi) is 3.64. The topological polar surface area (TPSA) is 9.23 Å². The van der Waals surface area contributed by atoms with Crippen LogP contribution in [0.4, 0.5) is 0 Å². The van der Waals surface area contributed by atoms with Crippen molar-refractivity contribution in [2.45, 2.75) is 13.8 Å². The van der Waals surface area contributed by atoms with Gasteiger partial charge in [0.2, 0.25) is 0 Å². The molecule has 0 aliphatic rings. The van der Waals surface area contributed by atoms with Crippen molar-refractivity contribution >= 4 is 17.4 Å². The van der Waals surface area contributed by atoms with E-state index in [1.54, 1.807) is 11.3 Å². The molecule has 0 saturated heterocycles. The fraction of sp³-hybridized carbons (Fsp3) is 0.200. The molecule has 1 aromatic heterocycles. The summed E-state index contributed by atoms with van der Waals surface area (Å²) in [6, 6.07) is 10.6. The highest BCUT2D eigenvalue weighted by Gasteiger charge is 2.05. The van der Waals surface area contributed by atoms with Crippen LogP contribution in [0.3, 0.4) is 0 Å². The molecule has 0 saturated carbocycles. The first kappa shape index (κ1) is 11.9. The Morgan fingerprint density at radius 2 is 2.12 bits per heavy atom. The van der Waals surface area contributed by atoms with Crippen molar-refractivity contribution in [3.05, 3.63) is 47.4 Å². The van der Waals surface area contributed by atoms with Crippen molar-refractivity contribution in [3.8, 4) is 16.2 Å². The van der Waals surface area contributed by atoms with Crippen LogP contribution in [0, 0.1) is 6.92 Å². The molecule has 0 unspecified atom stereocenters. The molecule has 1 aromatic carbocycles. The van der Waals surface area contributed by atoms with Gasteiger partial charge in [0, 0.05) is 15.3 Å². The van der Waals surface area contributed by atoms with Crippen molar-refractivity contribution in [1.82, 2.24) is 0 Å². The van der Waals surface area contributed by atoms with Crippen LogP contribution in [0.15, 0.2) is 36.9 Å². The molecule has 0 N–H and O–H groups in total. The number of benzene rings is 1. The second-order valence-corrected chi connectivity index (χ2v) is 5.09. The van der Waals surface area contributed by atoms with Gasteiger partial charge in [-0.15, -0.1) is 11.3 Å². The third kappa shape index (κ3) is 2.59. The zero-order valence-electron chi connectivity index (χ0n) is 10.2. The maximum atomic E-state index is 5.63. The van der Waals surface area contributed by atoms with Gasteiger partial charge in [0.15, 0.2) is 0 Å². The van der Waals surface area contributed by atoms with Crippen molar-refractivity contribution in [1.29, 1.82) is 0 Å². The summed E-state index contributed by atoms with van der Waals surface area (Å²) in [6.07, 6.45) is 1.83. The van der Waals surface area contributed by atoms with Crippen LogP contribution >= 0.6 is 11.3 Å². The van der Waals surface area contributed by atoms with Gasteiger partial charge in [-0.25, -0.2) is 0 Å². The Bertz CT molecular complexity index is 525. The zero-order valence-corrected chi connectivity index (χ0v) is 11.0. The molecule has 2 heteroatoms. The first-order valence-corrected chi connectivity index (χ1v) is 6.52. The molecule has 2 rings (SSSR count). The standard InChI is InChI=1S/C15H16OS/c1-4-12-7-8-13(10-14(12)16-5-2)15-9-6-11(3)17-15/h4,6-10H,1,5H2,2-3H3. The highest BCUT2D eigenvalue weighted by molar-refractivity contribution is 7.15. The van der Waals surface area contributed by atoms with E-state index < -0.39 is 0 Å². The first-order chi connectivity index (χ1) is 8.24. The lowest BCUT2D eigenvalue weighted by atomic mass is 10.1. The van der Waals surface area contributed by atoms with Crippen molar-refractivity contribution < 1.29 is 4.74 Å². The number of rotatable bonds is 4. The van der Waals surface area contributed by atoms with Gasteiger partial charge in [0.05, 0.1) is 6.61 Å². The summed E-state index contributed by atoms with van der Waals surface area (Å²) < 4.78 is 5.63. The predicted molar refractivity (Wildman–Crippen MR) is 75.8 cm³/mol. The zero-order chi connectivity index (χ0) is 12.3. The first-order valence-electron chi connectivity index (χ1n) is 5.70. The lowest BCUT2D eigenvalue weighted by Crippen LogP contribution is -1.93. The smallest absolute Gasteiger partial charge is 0.127 e. The minimum absolute atomic E-state index is 0.674. The summed E-state index contributed by atoms with van der Waals surface area (Å²) in [7, 11) is 0. The molecule has 0 spiro atoms. The fourth-order valence-corrected chi connectivity index (χ4v) is 2.59. The van der Waals surface area contributed by atoms with E-state index >= 15 is 0 Å². The van der Waals surface area contributed by atoms with E-state index in [1.165, 1.54) is 15.3 Å². The van der Waals surface area contributed by atoms with E-state index in [2.05, 4.69) is 43.8 Å². The number of ether oxygens (including phenoxy) is 1. The Labute approximate surface area is 106 Å². The maximum Gasteiger partial charge on any atom is 0.127 e. The van der Waals surface area contributed by atoms with Gasteiger partial charge in [-0.2, -0.15) is 0 Å². The molecule has 0 bridgehead atoms. The van der Waals surface area contributed by atoms with Crippen LogP contribution in [-0.2, 0) is 0 Å². The molecular formula is C15H16OS. The summed E-state index contributed by atoms with van der Waals surface area (Å²) in [5, 5.41) is 0. The van der Waals surface area contributed by atoms with Gasteiger partial charge >= 0.3 is 0 Å². The average Bonchev–Trinajstić information content (AvgIpc) is 2.76. The van der Waals surface area contributed by atoms with Crippen molar-refractivity contribution in [3.63, 3.8) is 0 Å². The molecule has 0 amide bonds. The molecule has 0 atom stereocenters. The molecule has 0 radical (unpaired) electrons. The van der Waals surface area contributed by atoms with Crippen LogP contribution < -0.4 is 4.74 Å². The van der Waals surface area contributed by atoms with Gasteiger partial charge in [-0.3, -0.25) is 0 Å². The minimum Gasteiger partial charge on any atom is -0.493 e. The molecule has 17 heavy (non-hydrogen) atoms. The van der Waals surface area contributed by atoms with E-state index in [9.17, 15) is 0 Å². The third-order valence-electron chi connectivity index (χ3n) is 2.56. The molecule has 0 fully saturated rings. The summed E-state index contributed by atoms with van der Waals surface area (Å²) in [6.45, 7) is 8.59. The highest BCUT2D eigenvalue weighted by Crippen LogP contribution is 2.32. The average molecular weight is 244 g/mol. The SMILES string of the molecule is C=Cc1ccc(-c2ccc(C)s2)cc1OCC. The van der Waals surface area contributed by atoms with Crippen molar-refractivity contribution in [2.24, 2.45) is 0 Å². The van der Waals surface area contributed by atoms with E-state index in [1.807, 2.05) is 13.0 Å². The summed E-state index contributed by atoms with van der Waals surface area (Å²) in [5.41, 5.74) is 2.25. The fourth-order valence-electron chi connectivity index (χ4n) is 1.73. The van der Waals surface area contributed by atoms with Crippen LogP contribution in [0.5, 0.6) is 5.75 Å². The maximum absolute atomic E-state index is 5.63. The van der Waals surface area contributed by atoms with E-state index in [4.69, 9.17) is 4.74 Å². The summed E-state index contributed by atoms with van der Waals surface area (Å²) >= 11 is 1.80. The Hall–Kier alpha value is -1.54. The molecule has 0 aliphatic carbocycles. The van der Waals surface area contributed by atoms with Crippen LogP contribution in [0.1, 0.15) is 17.4 Å². The molecule has 1 heterocycles. The van der Waals surface area contributed by atoms with E-state index in [0.29, 0.717) is 6.61 Å². The van der Waals surface area contributed by atoms with Gasteiger partial charge in [0.1, 0.15) is 5.75 Å². The predicted octanol–water partition coefficient (Wildman–Crippen LogP) is 4.77. The van der Waals surface area contributed by atoms with Crippen LogP contribution in [0.25, 0.3) is 16.5 Å². The van der Waals surface area contributed by atoms with Crippen LogP contribution in [0.2, 0.25) is 0 Å². The normalized spacial score (nSPS) is 10.2. The van der Waals surface area contributed by atoms with E-state index in [0.717, 1.165) is 11.3 Å². The quantitative estimate of drug-likeness (QED) is 0.753. The second kappa shape index (κ2) is 5.19. The highest BCUT2D eigenvalue weighted by atomic mass is 32.1. The molecule has 0 aliphatic heterocycles. The monoisotopic (exact) mass is 244 g/mol. The molecular weight excluding hydrogens is 228 g/mol. The van der Waals surface area contributed by atoms with E-state index in [-0.39, 0.29) is 0 Å². The number of aryl methyl sites for hydroxylation is 1. The number of hydrogen-bond acceptors (Lipinski definition) is 2. The van der Waals surface area contributed by atoms with Gasteiger partial charge in [-0.05, 0) is 37.6 Å². The minimum atomic E-state index is 0.674. The van der Waals surface area contributed by atoms with Gasteiger partial charge in [-0.1, -0.05) is 24.8 Å². The lowest BCUT2D eigenvalue weighted by molar-refractivity contribution is 0.339. The Morgan fingerprint density at radius 1 is 1.29 bits per heavy atom. The molecule has 2 aromatic rings. The third-order valence-corrected chi connectivity index (χ3v) is 3.61. The molecule has 1 nitrogen and oxygen atoms in total. The number of hydrogen-bond donors (Lipinski definition) is 0. The second-order valence-electron chi connectivity index (χ2n) is 3.80. The van der Waals surface area contributed by atoms with Crippen molar-refractivity contribution in [2.75, 3.05) is 6.61 Å². The largest absolute Gasteiger partial charge is 0.493 e. The molecule has 88 valence electrons. The lowest BCUT2D eigenvalue weighted by Gasteiger charge is -2.08. The Morgan fingerprint density at radius 3 is 2.71 bits per heavy atom. The summed E-state index contributed by atoms with van der Waals surface area (Å²) in [4.78, 5) is 2.60. The number of thiophene rings is 1. The van der Waals surface area contributed by atoms with Crippen LogP contribution in [-0.4, -0.2) is 6.61 Å².